The zero-order chi connectivity index (χ0) is 27.8. The van der Waals surface area contributed by atoms with Gasteiger partial charge < -0.3 is 15.2 Å². The van der Waals surface area contributed by atoms with Crippen molar-refractivity contribution in [2.24, 2.45) is 11.3 Å². The summed E-state index contributed by atoms with van der Waals surface area (Å²) in [4.78, 5) is 53.4. The molecule has 8 heteroatoms. The number of aryl methyl sites for hydroxylation is 2. The fourth-order valence-electron chi connectivity index (χ4n) is 6.06. The third-order valence-corrected chi connectivity index (χ3v) is 8.07. The Bertz CT molecular complexity index is 1170. The predicted octanol–water partition coefficient (Wildman–Crippen LogP) is 4.30. The summed E-state index contributed by atoms with van der Waals surface area (Å²) in [5, 5.41) is 12.5. The number of benzene rings is 2. The van der Waals surface area contributed by atoms with E-state index in [1.807, 2.05) is 42.5 Å². The number of anilines is 1. The van der Waals surface area contributed by atoms with Crippen LogP contribution in [-0.4, -0.2) is 48.1 Å². The summed E-state index contributed by atoms with van der Waals surface area (Å²) >= 11 is 0. The number of carbonyl (C=O) groups excluding carboxylic acids is 3. The predicted molar refractivity (Wildman–Crippen MR) is 147 cm³/mol. The van der Waals surface area contributed by atoms with Crippen molar-refractivity contribution in [3.63, 3.8) is 0 Å². The molecule has 208 valence electrons. The van der Waals surface area contributed by atoms with Gasteiger partial charge in [-0.15, -0.1) is 0 Å². The minimum Gasteiger partial charge on any atom is -0.480 e. The van der Waals surface area contributed by atoms with Crippen LogP contribution in [0.3, 0.4) is 0 Å². The first-order valence-corrected chi connectivity index (χ1v) is 14.0. The maximum Gasteiger partial charge on any atom is 0.323 e. The second kappa shape index (κ2) is 12.9. The summed E-state index contributed by atoms with van der Waals surface area (Å²) < 4.78 is 5.41. The van der Waals surface area contributed by atoms with E-state index in [2.05, 4.69) is 5.32 Å². The van der Waals surface area contributed by atoms with Crippen LogP contribution < -0.4 is 10.2 Å². The molecule has 2 amide bonds. The van der Waals surface area contributed by atoms with E-state index in [-0.39, 0.29) is 18.5 Å². The summed E-state index contributed by atoms with van der Waals surface area (Å²) in [6, 6.07) is 16.4. The van der Waals surface area contributed by atoms with Crippen molar-refractivity contribution in [3.05, 3.63) is 65.7 Å². The Hall–Kier alpha value is -3.68. The summed E-state index contributed by atoms with van der Waals surface area (Å²) in [5.74, 6) is -2.50. The Labute approximate surface area is 229 Å². The number of carboxylic acid groups (broad SMARTS) is 1. The number of hydrogen-bond donors (Lipinski definition) is 2. The van der Waals surface area contributed by atoms with Crippen LogP contribution in [0.15, 0.2) is 54.6 Å². The Balaban J connectivity index is 1.53. The molecule has 1 aliphatic carbocycles. The first kappa shape index (κ1) is 28.3. The molecule has 2 N–H and O–H groups in total. The molecule has 1 aliphatic heterocycles. The molecule has 2 aromatic carbocycles. The minimum atomic E-state index is -1.12. The molecular weight excluding hydrogens is 496 g/mol. The van der Waals surface area contributed by atoms with E-state index in [1.54, 1.807) is 19.1 Å². The van der Waals surface area contributed by atoms with Crippen LogP contribution in [0.4, 0.5) is 5.69 Å². The van der Waals surface area contributed by atoms with Crippen LogP contribution in [0.1, 0.15) is 63.0 Å². The van der Waals surface area contributed by atoms with Gasteiger partial charge in [-0.05, 0) is 69.1 Å². The molecule has 0 radical (unpaired) electrons. The van der Waals surface area contributed by atoms with Crippen molar-refractivity contribution in [1.29, 1.82) is 0 Å². The normalized spacial score (nSPS) is 19.1. The van der Waals surface area contributed by atoms with Gasteiger partial charge in [0, 0.05) is 5.69 Å². The Kier molecular flexibility index (Phi) is 9.38. The van der Waals surface area contributed by atoms with Crippen molar-refractivity contribution in [2.45, 2.75) is 70.8 Å². The van der Waals surface area contributed by atoms with Crippen molar-refractivity contribution in [1.82, 2.24) is 5.32 Å². The summed E-state index contributed by atoms with van der Waals surface area (Å²) in [6.07, 6.45) is 5.58. The minimum absolute atomic E-state index is 0.228. The van der Waals surface area contributed by atoms with E-state index in [0.717, 1.165) is 24.0 Å². The standard InChI is InChI=1S/C31H38N2O6/c1-2-39-29(37)24(15-14-22-10-4-3-5-11-22)20-31(18-8-9-19-31)30(38)32-25-17-16-23-12-6-7-13-26(23)33(28(25)36)21-27(34)35/h3-7,10-13,24-25H,2,8-9,14-21H2,1H3,(H,32,38)(H,34,35)/t24-,25+/m0/s1. The molecule has 39 heavy (non-hydrogen) atoms. The number of rotatable bonds is 11. The molecule has 2 aliphatic rings. The summed E-state index contributed by atoms with van der Waals surface area (Å²) in [5.41, 5.74) is 1.80. The van der Waals surface area contributed by atoms with Crippen molar-refractivity contribution < 1.29 is 29.0 Å². The van der Waals surface area contributed by atoms with Crippen molar-refractivity contribution in [3.8, 4) is 0 Å². The lowest BCUT2D eigenvalue weighted by atomic mass is 9.75. The lowest BCUT2D eigenvalue weighted by Gasteiger charge is -2.33. The van der Waals surface area contributed by atoms with Crippen molar-refractivity contribution >= 4 is 29.4 Å². The fraction of sp³-hybridized carbons (Fsp3) is 0.484. The van der Waals surface area contributed by atoms with Gasteiger partial charge in [0.2, 0.25) is 11.8 Å². The highest BCUT2D eigenvalue weighted by Gasteiger charge is 2.46. The molecule has 2 atom stereocenters. The largest absolute Gasteiger partial charge is 0.480 e. The molecule has 8 nitrogen and oxygen atoms in total. The number of para-hydroxylation sites is 1. The monoisotopic (exact) mass is 534 g/mol. The molecule has 1 saturated carbocycles. The first-order valence-electron chi connectivity index (χ1n) is 14.0. The topological polar surface area (TPSA) is 113 Å². The number of amides is 2. The Morgan fingerprint density at radius 1 is 1.08 bits per heavy atom. The molecular formula is C31H38N2O6. The smallest absolute Gasteiger partial charge is 0.323 e. The third-order valence-electron chi connectivity index (χ3n) is 8.07. The third kappa shape index (κ3) is 6.85. The van der Waals surface area contributed by atoms with Crippen LogP contribution >= 0.6 is 0 Å². The van der Waals surface area contributed by atoms with E-state index in [4.69, 9.17) is 4.74 Å². The quantitative estimate of drug-likeness (QED) is 0.416. The second-order valence-electron chi connectivity index (χ2n) is 10.7. The van der Waals surface area contributed by atoms with E-state index in [0.29, 0.717) is 50.6 Å². The average Bonchev–Trinajstić information content (AvgIpc) is 3.38. The van der Waals surface area contributed by atoms with E-state index in [9.17, 15) is 24.3 Å². The van der Waals surface area contributed by atoms with Gasteiger partial charge in [0.15, 0.2) is 0 Å². The van der Waals surface area contributed by atoms with Gasteiger partial charge in [-0.1, -0.05) is 61.4 Å². The molecule has 0 unspecified atom stereocenters. The Morgan fingerprint density at radius 3 is 2.46 bits per heavy atom. The highest BCUT2D eigenvalue weighted by atomic mass is 16.5. The van der Waals surface area contributed by atoms with Crippen LogP contribution in [0.2, 0.25) is 0 Å². The van der Waals surface area contributed by atoms with E-state index < -0.39 is 35.8 Å². The zero-order valence-corrected chi connectivity index (χ0v) is 22.6. The lowest BCUT2D eigenvalue weighted by molar-refractivity contribution is -0.150. The van der Waals surface area contributed by atoms with Gasteiger partial charge in [0.05, 0.1) is 17.9 Å². The maximum atomic E-state index is 13.9. The average molecular weight is 535 g/mol. The molecule has 0 saturated heterocycles. The lowest BCUT2D eigenvalue weighted by Crippen LogP contribution is -2.53. The van der Waals surface area contributed by atoms with Crippen molar-refractivity contribution in [2.75, 3.05) is 18.1 Å². The van der Waals surface area contributed by atoms with Gasteiger partial charge in [-0.2, -0.15) is 0 Å². The van der Waals surface area contributed by atoms with Gasteiger partial charge in [0.1, 0.15) is 12.6 Å². The Morgan fingerprint density at radius 2 is 1.77 bits per heavy atom. The number of nitrogens with one attached hydrogen (secondary N) is 1. The number of carboxylic acids is 1. The number of aliphatic carboxylic acids is 1. The highest BCUT2D eigenvalue weighted by Crippen LogP contribution is 2.45. The molecule has 2 aromatic rings. The molecule has 0 aromatic heterocycles. The molecule has 1 heterocycles. The number of ether oxygens (including phenoxy) is 1. The molecule has 1 fully saturated rings. The summed E-state index contributed by atoms with van der Waals surface area (Å²) in [6.45, 7) is 1.58. The number of fused-ring (bicyclic) bond motifs is 1. The van der Waals surface area contributed by atoms with Gasteiger partial charge in [0.25, 0.3) is 0 Å². The van der Waals surface area contributed by atoms with Gasteiger partial charge in [-0.3, -0.25) is 24.1 Å². The first-order chi connectivity index (χ1) is 18.8. The fourth-order valence-corrected chi connectivity index (χ4v) is 6.06. The van der Waals surface area contributed by atoms with Crippen LogP contribution in [0.5, 0.6) is 0 Å². The number of nitrogens with zero attached hydrogens (tertiary/aromatic N) is 1. The van der Waals surface area contributed by atoms with E-state index in [1.165, 1.54) is 4.90 Å². The van der Waals surface area contributed by atoms with E-state index >= 15 is 0 Å². The number of carbonyl (C=O) groups is 4. The number of hydrogen-bond acceptors (Lipinski definition) is 5. The molecule has 0 bridgehead atoms. The second-order valence-corrected chi connectivity index (χ2v) is 10.7. The maximum absolute atomic E-state index is 13.9. The summed E-state index contributed by atoms with van der Waals surface area (Å²) in [7, 11) is 0. The van der Waals surface area contributed by atoms with Gasteiger partial charge >= 0.3 is 11.9 Å². The zero-order valence-electron chi connectivity index (χ0n) is 22.6. The number of esters is 1. The molecule has 4 rings (SSSR count). The van der Waals surface area contributed by atoms with Gasteiger partial charge in [-0.25, -0.2) is 0 Å². The molecule has 0 spiro atoms. The van der Waals surface area contributed by atoms with Crippen LogP contribution in [-0.2, 0) is 36.8 Å². The van der Waals surface area contributed by atoms with Crippen LogP contribution in [0.25, 0.3) is 0 Å². The van der Waals surface area contributed by atoms with Crippen LogP contribution in [0, 0.1) is 11.3 Å². The highest BCUT2D eigenvalue weighted by molar-refractivity contribution is 6.03. The SMILES string of the molecule is CCOC(=O)[C@@H](CCc1ccccc1)CC1(C(=O)N[C@@H]2CCc3ccccc3N(CC(=O)O)C2=O)CCCC1.